The van der Waals surface area contributed by atoms with E-state index < -0.39 is 6.04 Å². The van der Waals surface area contributed by atoms with Gasteiger partial charge in [0.25, 0.3) is 0 Å². The maximum Gasteiger partial charge on any atom is 0.330 e. The summed E-state index contributed by atoms with van der Waals surface area (Å²) in [6, 6.07) is -0.582. The second kappa shape index (κ2) is 8.39. The number of nitrogens with one attached hydrogen (secondary N) is 1. The third kappa shape index (κ3) is 4.98. The van der Waals surface area contributed by atoms with Crippen molar-refractivity contribution in [3.63, 3.8) is 0 Å². The van der Waals surface area contributed by atoms with Crippen LogP contribution in [0, 0.1) is 0 Å². The Bertz CT molecular complexity index is 248. The van der Waals surface area contributed by atoms with Crippen LogP contribution >= 0.6 is 11.8 Å². The summed E-state index contributed by atoms with van der Waals surface area (Å²) < 4.78 is 4.69. The first-order valence-electron chi connectivity index (χ1n) is 5.97. The van der Waals surface area contributed by atoms with Gasteiger partial charge in [-0.15, -0.1) is 0 Å². The topological polar surface area (TPSA) is 55.4 Å². The van der Waals surface area contributed by atoms with E-state index in [1.807, 2.05) is 13.2 Å². The highest BCUT2D eigenvalue weighted by molar-refractivity contribution is 8.00. The molecule has 5 heteroatoms. The summed E-state index contributed by atoms with van der Waals surface area (Å²) in [5.74, 6) is -0.354. The monoisotopic (exact) mass is 261 g/mol. The molecule has 0 aliphatic heterocycles. The van der Waals surface area contributed by atoms with Crippen LogP contribution in [0.25, 0.3) is 0 Å². The Labute approximate surface area is 108 Å². The molecule has 1 N–H and O–H groups in total. The molecule has 0 saturated carbocycles. The molecule has 4 nitrogen and oxygen atoms in total. The smallest absolute Gasteiger partial charge is 0.330 e. The van der Waals surface area contributed by atoms with Crippen LogP contribution < -0.4 is 5.32 Å². The van der Waals surface area contributed by atoms with Gasteiger partial charge in [0.15, 0.2) is 0 Å². The van der Waals surface area contributed by atoms with E-state index in [9.17, 15) is 9.59 Å². The minimum absolute atomic E-state index is 0.316. The number of thioether (sulfide) groups is 1. The molecule has 0 unspecified atom stereocenters. The summed E-state index contributed by atoms with van der Waals surface area (Å²) >= 11 is 1.59. The zero-order valence-corrected chi connectivity index (χ0v) is 11.9. The fourth-order valence-electron chi connectivity index (χ4n) is 1.68. The van der Waals surface area contributed by atoms with E-state index >= 15 is 0 Å². The minimum Gasteiger partial charge on any atom is -0.464 e. The fraction of sp³-hybridized carbons (Fsp3) is 0.833. The Morgan fingerprint density at radius 3 is 2.59 bits per heavy atom. The van der Waals surface area contributed by atoms with Crippen LogP contribution in [-0.4, -0.2) is 36.0 Å². The number of hydrogen-bond acceptors (Lipinski definition) is 4. The first kappa shape index (κ1) is 16.3. The number of rotatable bonds is 9. The second-order valence-electron chi connectivity index (χ2n) is 4.09. The minimum atomic E-state index is -0.582. The third-order valence-corrected chi connectivity index (χ3v) is 4.23. The average Bonchev–Trinajstić information content (AvgIpc) is 2.33. The second-order valence-corrected chi connectivity index (χ2v) is 5.43. The standard InChI is InChI=1S/C12H23NO3S/c1-5-7-8-12(3,17-4)10(13-9-14)11(15)16-6-2/h9-10H,5-8H2,1-4H3,(H,13,14)/t10-,12+/m1/s1. The van der Waals surface area contributed by atoms with E-state index in [2.05, 4.69) is 12.2 Å². The summed E-state index contributed by atoms with van der Waals surface area (Å²) in [6.45, 7) is 6.19. The first-order valence-corrected chi connectivity index (χ1v) is 7.19. The molecule has 0 aliphatic carbocycles. The number of carbonyl (C=O) groups is 2. The molecular weight excluding hydrogens is 238 g/mol. The van der Waals surface area contributed by atoms with Gasteiger partial charge in [0, 0.05) is 4.75 Å². The summed E-state index contributed by atoms with van der Waals surface area (Å²) in [5.41, 5.74) is 0. The zero-order chi connectivity index (χ0) is 13.3. The van der Waals surface area contributed by atoms with Crippen molar-refractivity contribution in [1.29, 1.82) is 0 Å². The van der Waals surface area contributed by atoms with Gasteiger partial charge in [-0.2, -0.15) is 11.8 Å². The van der Waals surface area contributed by atoms with Crippen molar-refractivity contribution in [3.8, 4) is 0 Å². The van der Waals surface area contributed by atoms with Crippen molar-refractivity contribution in [1.82, 2.24) is 5.32 Å². The van der Waals surface area contributed by atoms with Gasteiger partial charge in [0.2, 0.25) is 6.41 Å². The molecule has 0 aromatic carbocycles. The Morgan fingerprint density at radius 2 is 2.18 bits per heavy atom. The van der Waals surface area contributed by atoms with Gasteiger partial charge < -0.3 is 10.1 Å². The lowest BCUT2D eigenvalue weighted by atomic mass is 9.94. The van der Waals surface area contributed by atoms with Crippen molar-refractivity contribution in [2.45, 2.75) is 50.8 Å². The first-order chi connectivity index (χ1) is 8.05. The van der Waals surface area contributed by atoms with Gasteiger partial charge >= 0.3 is 5.97 Å². The summed E-state index contributed by atoms with van der Waals surface area (Å²) in [4.78, 5) is 22.5. The molecule has 1 amide bonds. The van der Waals surface area contributed by atoms with Crippen LogP contribution in [0.1, 0.15) is 40.0 Å². The zero-order valence-electron chi connectivity index (χ0n) is 11.1. The quantitative estimate of drug-likeness (QED) is 0.509. The van der Waals surface area contributed by atoms with Gasteiger partial charge in [-0.05, 0) is 26.5 Å². The summed E-state index contributed by atoms with van der Waals surface area (Å²) in [7, 11) is 0. The largest absolute Gasteiger partial charge is 0.464 e. The summed E-state index contributed by atoms with van der Waals surface area (Å²) in [6.07, 6.45) is 5.48. The van der Waals surface area contributed by atoms with Crippen molar-refractivity contribution in [2.24, 2.45) is 0 Å². The highest BCUT2D eigenvalue weighted by Gasteiger charge is 2.39. The molecule has 0 heterocycles. The lowest BCUT2D eigenvalue weighted by Gasteiger charge is -2.34. The molecule has 100 valence electrons. The Kier molecular flexibility index (Phi) is 8.04. The lowest BCUT2D eigenvalue weighted by molar-refractivity contribution is -0.147. The maximum absolute atomic E-state index is 11.8. The van der Waals surface area contributed by atoms with Gasteiger partial charge in [0.1, 0.15) is 6.04 Å². The maximum atomic E-state index is 11.8. The number of ether oxygens (including phenoxy) is 1. The van der Waals surface area contributed by atoms with Crippen LogP contribution in [0.5, 0.6) is 0 Å². The van der Waals surface area contributed by atoms with E-state index in [0.717, 1.165) is 19.3 Å². The van der Waals surface area contributed by atoms with E-state index in [1.54, 1.807) is 18.7 Å². The molecule has 17 heavy (non-hydrogen) atoms. The van der Waals surface area contributed by atoms with E-state index in [1.165, 1.54) is 0 Å². The van der Waals surface area contributed by atoms with Crippen LogP contribution in [0.15, 0.2) is 0 Å². The molecule has 0 spiro atoms. The predicted octanol–water partition coefficient (Wildman–Crippen LogP) is 1.98. The SMILES string of the molecule is CCCC[C@](C)(SC)[C@H](NC=O)C(=O)OCC. The molecular formula is C12H23NO3S. The van der Waals surface area contributed by atoms with Crippen LogP contribution in [0.2, 0.25) is 0 Å². The fourth-order valence-corrected chi connectivity index (χ4v) is 2.43. The van der Waals surface area contributed by atoms with Crippen molar-refractivity contribution < 1.29 is 14.3 Å². The normalized spacial score (nSPS) is 15.8. The number of esters is 1. The molecule has 0 bridgehead atoms. The van der Waals surface area contributed by atoms with Crippen LogP contribution in [0.3, 0.4) is 0 Å². The van der Waals surface area contributed by atoms with Crippen molar-refractivity contribution in [3.05, 3.63) is 0 Å². The van der Waals surface area contributed by atoms with Crippen molar-refractivity contribution >= 4 is 24.1 Å². The Hall–Kier alpha value is -0.710. The van der Waals surface area contributed by atoms with Crippen LogP contribution in [-0.2, 0) is 14.3 Å². The lowest BCUT2D eigenvalue weighted by Crippen LogP contribution is -2.52. The molecule has 0 aromatic rings. The highest BCUT2D eigenvalue weighted by Crippen LogP contribution is 2.32. The average molecular weight is 261 g/mol. The number of hydrogen-bond donors (Lipinski definition) is 1. The molecule has 2 atom stereocenters. The van der Waals surface area contributed by atoms with Gasteiger partial charge in [-0.25, -0.2) is 4.79 Å². The predicted molar refractivity (Wildman–Crippen MR) is 71.1 cm³/mol. The number of carbonyl (C=O) groups excluding carboxylic acids is 2. The number of unbranched alkanes of at least 4 members (excludes halogenated alkanes) is 1. The van der Waals surface area contributed by atoms with E-state index in [-0.39, 0.29) is 10.7 Å². The van der Waals surface area contributed by atoms with E-state index in [0.29, 0.717) is 13.0 Å². The third-order valence-electron chi connectivity index (χ3n) is 2.86. The molecule has 0 saturated heterocycles. The molecule has 0 rings (SSSR count). The molecule has 0 fully saturated rings. The number of amides is 1. The van der Waals surface area contributed by atoms with Gasteiger partial charge in [0.05, 0.1) is 6.61 Å². The Balaban J connectivity index is 4.82. The van der Waals surface area contributed by atoms with Crippen LogP contribution in [0.4, 0.5) is 0 Å². The summed E-state index contributed by atoms with van der Waals surface area (Å²) in [5, 5.41) is 2.59. The Morgan fingerprint density at radius 1 is 1.53 bits per heavy atom. The molecule has 0 aliphatic rings. The van der Waals surface area contributed by atoms with Gasteiger partial charge in [-0.1, -0.05) is 19.8 Å². The van der Waals surface area contributed by atoms with Gasteiger partial charge in [-0.3, -0.25) is 4.79 Å². The molecule has 0 radical (unpaired) electrons. The molecule has 0 aromatic heterocycles. The van der Waals surface area contributed by atoms with E-state index in [4.69, 9.17) is 4.74 Å². The highest BCUT2D eigenvalue weighted by atomic mass is 32.2. The van der Waals surface area contributed by atoms with Crippen molar-refractivity contribution in [2.75, 3.05) is 12.9 Å².